The molecular formula is C3H5N5O6S2. The van der Waals surface area contributed by atoms with Crippen molar-refractivity contribution in [3.8, 4) is 0 Å². The predicted molar refractivity (Wildman–Crippen MR) is 46.2 cm³/mol. The van der Waals surface area contributed by atoms with E-state index in [1.807, 2.05) is 0 Å². The van der Waals surface area contributed by atoms with Gasteiger partial charge in [0.15, 0.2) is 0 Å². The van der Waals surface area contributed by atoms with Gasteiger partial charge in [0.25, 0.3) is 4.52 Å². The number of rotatable bonds is 2. The highest BCUT2D eigenvalue weighted by atomic mass is 32.3. The summed E-state index contributed by atoms with van der Waals surface area (Å²) in [4.78, 5) is 5.89. The van der Waals surface area contributed by atoms with Crippen molar-refractivity contribution in [1.29, 1.82) is 5.53 Å². The SMILES string of the molecule is N=[N+]=NS(=O)(=O)n1ccnc1.O=S(=O)([O-])O. The lowest BCUT2D eigenvalue weighted by Crippen LogP contribution is -2.06. The van der Waals surface area contributed by atoms with E-state index >= 15 is 0 Å². The van der Waals surface area contributed by atoms with Gasteiger partial charge in [0.2, 0.25) is 15.3 Å². The van der Waals surface area contributed by atoms with Crippen molar-refractivity contribution >= 4 is 20.6 Å². The summed E-state index contributed by atoms with van der Waals surface area (Å²) in [6, 6.07) is 0. The normalized spacial score (nSPS) is 10.9. The van der Waals surface area contributed by atoms with Crippen LogP contribution in [0.1, 0.15) is 0 Å². The van der Waals surface area contributed by atoms with Crippen molar-refractivity contribution < 1.29 is 25.9 Å². The van der Waals surface area contributed by atoms with E-state index in [0.29, 0.717) is 0 Å². The first-order chi connectivity index (χ1) is 7.17. The molecule has 0 spiro atoms. The molecule has 1 rings (SSSR count). The Morgan fingerprint density at radius 3 is 2.25 bits per heavy atom. The summed E-state index contributed by atoms with van der Waals surface area (Å²) in [6.45, 7) is 0. The fraction of sp³-hybridized carbons (Fsp3) is 0. The summed E-state index contributed by atoms with van der Waals surface area (Å²) in [5.74, 6) is 0. The van der Waals surface area contributed by atoms with Crippen LogP contribution in [0.3, 0.4) is 0 Å². The van der Waals surface area contributed by atoms with Gasteiger partial charge in [-0.25, -0.2) is 17.4 Å². The van der Waals surface area contributed by atoms with Gasteiger partial charge in [-0.1, -0.05) is 0 Å². The monoisotopic (exact) mass is 271 g/mol. The van der Waals surface area contributed by atoms with Crippen LogP contribution in [0.15, 0.2) is 23.2 Å². The molecule has 13 heteroatoms. The Hall–Kier alpha value is -1.66. The van der Waals surface area contributed by atoms with Gasteiger partial charge in [0.1, 0.15) is 11.9 Å². The van der Waals surface area contributed by atoms with Crippen molar-refractivity contribution in [2.24, 2.45) is 4.52 Å². The van der Waals surface area contributed by atoms with Crippen molar-refractivity contribution in [1.82, 2.24) is 13.9 Å². The average molecular weight is 271 g/mol. The first-order valence-electron chi connectivity index (χ1n) is 3.17. The predicted octanol–water partition coefficient (Wildman–Crippen LogP) is -1.47. The maximum atomic E-state index is 10.8. The van der Waals surface area contributed by atoms with Gasteiger partial charge in [-0.15, -0.1) is 0 Å². The summed E-state index contributed by atoms with van der Waals surface area (Å²) >= 11 is 0. The molecule has 0 bridgehead atoms. The maximum absolute atomic E-state index is 10.8. The molecule has 0 saturated carbocycles. The fourth-order valence-corrected chi connectivity index (χ4v) is 1.05. The van der Waals surface area contributed by atoms with E-state index in [9.17, 15) is 8.42 Å². The van der Waals surface area contributed by atoms with Crippen LogP contribution in [-0.2, 0) is 20.6 Å². The van der Waals surface area contributed by atoms with Crippen molar-refractivity contribution in [3.63, 3.8) is 0 Å². The van der Waals surface area contributed by atoms with Gasteiger partial charge in [-0.3, -0.25) is 4.55 Å². The largest absolute Gasteiger partial charge is 0.726 e. The first kappa shape index (κ1) is 14.3. The third-order valence-electron chi connectivity index (χ3n) is 0.891. The Labute approximate surface area is 89.7 Å². The molecule has 0 atom stereocenters. The fourth-order valence-electron chi connectivity index (χ4n) is 0.477. The lowest BCUT2D eigenvalue weighted by Gasteiger charge is -1.88. The highest BCUT2D eigenvalue weighted by Gasteiger charge is 2.15. The highest BCUT2D eigenvalue weighted by molar-refractivity contribution is 7.88. The Morgan fingerprint density at radius 2 is 1.94 bits per heavy atom. The lowest BCUT2D eigenvalue weighted by atomic mass is 11.0. The number of hydrogen-bond acceptors (Lipinski definition) is 7. The zero-order valence-corrected chi connectivity index (χ0v) is 8.96. The number of nitrogens with one attached hydrogen (secondary N) is 1. The minimum Gasteiger partial charge on any atom is -0.726 e. The van der Waals surface area contributed by atoms with E-state index in [-0.39, 0.29) is 0 Å². The first-order valence-corrected chi connectivity index (χ1v) is 5.93. The van der Waals surface area contributed by atoms with E-state index in [0.717, 1.165) is 10.3 Å². The molecule has 2 N–H and O–H groups in total. The van der Waals surface area contributed by atoms with Crippen LogP contribution in [0.25, 0.3) is 0 Å². The topological polar surface area (TPSA) is 180 Å². The highest BCUT2D eigenvalue weighted by Crippen LogP contribution is 1.95. The van der Waals surface area contributed by atoms with Crippen LogP contribution in [0.2, 0.25) is 0 Å². The van der Waals surface area contributed by atoms with Gasteiger partial charge in [-0.05, 0) is 0 Å². The molecule has 90 valence electrons. The molecule has 0 aromatic carbocycles. The van der Waals surface area contributed by atoms with Gasteiger partial charge >= 0.3 is 10.2 Å². The number of imidazole rings is 1. The molecule has 0 saturated heterocycles. The zero-order chi connectivity index (χ0) is 12.8. The number of hydrogen-bond donors (Lipinski definition) is 2. The number of aromatic nitrogens is 2. The molecule has 0 unspecified atom stereocenters. The van der Waals surface area contributed by atoms with Gasteiger partial charge in [-0.2, -0.15) is 8.42 Å². The Kier molecular flexibility index (Phi) is 4.87. The third kappa shape index (κ3) is 6.74. The van der Waals surface area contributed by atoms with Crippen molar-refractivity contribution in [2.45, 2.75) is 0 Å². The quantitative estimate of drug-likeness (QED) is 0.285. The summed E-state index contributed by atoms with van der Waals surface area (Å²) in [7, 11) is -8.76. The molecule has 0 radical (unpaired) electrons. The van der Waals surface area contributed by atoms with Crippen LogP contribution < -0.4 is 4.91 Å². The summed E-state index contributed by atoms with van der Waals surface area (Å²) in [6.07, 6.45) is 3.55. The molecule has 0 aliphatic rings. The minimum atomic E-state index is -4.92. The van der Waals surface area contributed by atoms with Gasteiger partial charge < -0.3 is 4.55 Å². The van der Waals surface area contributed by atoms with E-state index in [1.165, 1.54) is 12.4 Å². The van der Waals surface area contributed by atoms with Crippen LogP contribution in [0, 0.1) is 5.53 Å². The third-order valence-corrected chi connectivity index (χ3v) is 1.93. The van der Waals surface area contributed by atoms with Gasteiger partial charge in [0.05, 0.1) is 0 Å². The van der Waals surface area contributed by atoms with Crippen LogP contribution in [0.5, 0.6) is 0 Å². The molecule has 11 nitrogen and oxygen atoms in total. The molecular weight excluding hydrogens is 266 g/mol. The van der Waals surface area contributed by atoms with E-state index < -0.39 is 20.6 Å². The average Bonchev–Trinajstić information content (AvgIpc) is 2.51. The summed E-state index contributed by atoms with van der Waals surface area (Å²) < 4.78 is 57.9. The molecule has 1 aromatic rings. The summed E-state index contributed by atoms with van der Waals surface area (Å²) in [5.41, 5.74) is 6.21. The second-order valence-corrected chi connectivity index (χ2v) is 4.32. The second-order valence-electron chi connectivity index (χ2n) is 1.98. The number of nitrogens with zero attached hydrogens (tertiary/aromatic N) is 4. The molecule has 1 heterocycles. The molecule has 0 aliphatic heterocycles. The molecule has 0 amide bonds. The second kappa shape index (κ2) is 5.43. The molecule has 1 aromatic heterocycles. The standard InChI is InChI=1S/C3H4N5O2S.H2O4S/c4-6-7-11(9,10)8-2-1-5-3-8;1-5(2,3)4/h1-4H;(H2,1,2,3,4)/q+1;/p-1. The summed E-state index contributed by atoms with van der Waals surface area (Å²) in [5, 5.41) is 0. The Morgan fingerprint density at radius 1 is 1.44 bits per heavy atom. The molecule has 16 heavy (non-hydrogen) atoms. The van der Waals surface area contributed by atoms with Gasteiger partial charge in [0, 0.05) is 12.4 Å². The van der Waals surface area contributed by atoms with E-state index in [1.54, 1.807) is 0 Å². The van der Waals surface area contributed by atoms with E-state index in [2.05, 4.69) is 14.4 Å². The van der Waals surface area contributed by atoms with E-state index in [4.69, 9.17) is 23.1 Å². The maximum Gasteiger partial charge on any atom is 0.421 e. The van der Waals surface area contributed by atoms with Crippen molar-refractivity contribution in [2.75, 3.05) is 0 Å². The zero-order valence-electron chi connectivity index (χ0n) is 7.33. The minimum absolute atomic E-state index is 0.755. The Bertz CT molecular complexity index is 558. The smallest absolute Gasteiger partial charge is 0.421 e. The lowest BCUT2D eigenvalue weighted by molar-refractivity contribution is 0.366. The van der Waals surface area contributed by atoms with Crippen LogP contribution in [0.4, 0.5) is 0 Å². The van der Waals surface area contributed by atoms with Crippen molar-refractivity contribution in [3.05, 3.63) is 18.7 Å². The Balaban J connectivity index is 0.000000385. The van der Waals surface area contributed by atoms with Crippen LogP contribution >= 0.6 is 0 Å². The molecule has 0 fully saturated rings. The molecule has 0 aliphatic carbocycles. The van der Waals surface area contributed by atoms with Crippen LogP contribution in [-0.4, -0.2) is 34.9 Å².